The first-order chi connectivity index (χ1) is 12.6. The van der Waals surface area contributed by atoms with Crippen molar-refractivity contribution in [2.75, 3.05) is 6.54 Å². The highest BCUT2D eigenvalue weighted by atomic mass is 16.6. The summed E-state index contributed by atoms with van der Waals surface area (Å²) in [5.74, 6) is 2.39. The fraction of sp³-hybridized carbons (Fsp3) is 0.913. The second kappa shape index (κ2) is 6.22. The molecule has 1 aliphatic heterocycles. The van der Waals surface area contributed by atoms with Gasteiger partial charge in [-0.2, -0.15) is 0 Å². The van der Waals surface area contributed by atoms with E-state index in [2.05, 4.69) is 18.7 Å². The Morgan fingerprint density at radius 3 is 2.52 bits per heavy atom. The Hall–Kier alpha value is -1.06. The third-order valence-electron chi connectivity index (χ3n) is 8.65. The average molecular weight is 376 g/mol. The van der Waals surface area contributed by atoms with Crippen LogP contribution in [-0.2, 0) is 9.53 Å². The number of hydrogen-bond acceptors (Lipinski definition) is 3. The molecule has 0 aromatic rings. The molecule has 4 rings (SSSR count). The van der Waals surface area contributed by atoms with Crippen LogP contribution in [0, 0.1) is 28.6 Å². The fourth-order valence-electron chi connectivity index (χ4n) is 7.40. The topological polar surface area (TPSA) is 46.6 Å². The van der Waals surface area contributed by atoms with Gasteiger partial charge >= 0.3 is 6.09 Å². The molecule has 3 saturated carbocycles. The van der Waals surface area contributed by atoms with Crippen molar-refractivity contribution in [1.82, 2.24) is 4.90 Å². The Labute approximate surface area is 164 Å². The molecule has 0 N–H and O–H groups in total. The number of carbonyl (C=O) groups is 2. The zero-order valence-corrected chi connectivity index (χ0v) is 17.8. The molecule has 0 aromatic heterocycles. The van der Waals surface area contributed by atoms with Gasteiger partial charge < -0.3 is 9.64 Å². The van der Waals surface area contributed by atoms with E-state index >= 15 is 0 Å². The maximum Gasteiger partial charge on any atom is 0.410 e. The minimum atomic E-state index is -0.445. The predicted octanol–water partition coefficient (Wildman–Crippen LogP) is 5.20. The standard InChI is InChI=1S/C23H37NO3/c1-21(2,3)27-20(26)24-14-6-12-22(4)17-11-13-23(5)16(8-10-19(23)25)15(17)7-9-18(22)24/h15-18H,6-14H2,1-5H3. The highest BCUT2D eigenvalue weighted by Gasteiger charge is 2.61. The molecule has 0 aromatic carbocycles. The van der Waals surface area contributed by atoms with Gasteiger partial charge in [-0.15, -0.1) is 0 Å². The summed E-state index contributed by atoms with van der Waals surface area (Å²) in [7, 11) is 0. The number of ether oxygens (including phenoxy) is 1. The van der Waals surface area contributed by atoms with E-state index in [9.17, 15) is 9.59 Å². The van der Waals surface area contributed by atoms with Crippen molar-refractivity contribution in [3.63, 3.8) is 0 Å². The summed E-state index contributed by atoms with van der Waals surface area (Å²) < 4.78 is 5.75. The molecule has 0 spiro atoms. The van der Waals surface area contributed by atoms with Crippen LogP contribution < -0.4 is 0 Å². The monoisotopic (exact) mass is 375 g/mol. The number of hydrogen-bond donors (Lipinski definition) is 0. The van der Waals surface area contributed by atoms with Gasteiger partial charge in [0.2, 0.25) is 0 Å². The predicted molar refractivity (Wildman–Crippen MR) is 105 cm³/mol. The van der Waals surface area contributed by atoms with Gasteiger partial charge in [0.05, 0.1) is 0 Å². The lowest BCUT2D eigenvalue weighted by Crippen LogP contribution is -2.62. The molecule has 1 heterocycles. The van der Waals surface area contributed by atoms with Gasteiger partial charge in [-0.05, 0) is 88.9 Å². The first-order valence-corrected chi connectivity index (χ1v) is 11.1. The van der Waals surface area contributed by atoms with Gasteiger partial charge in [0.1, 0.15) is 11.4 Å². The van der Waals surface area contributed by atoms with Gasteiger partial charge in [-0.25, -0.2) is 4.79 Å². The average Bonchev–Trinajstić information content (AvgIpc) is 2.87. The Morgan fingerprint density at radius 2 is 1.81 bits per heavy atom. The molecular weight excluding hydrogens is 338 g/mol. The van der Waals surface area contributed by atoms with E-state index in [-0.39, 0.29) is 16.9 Å². The lowest BCUT2D eigenvalue weighted by atomic mass is 9.47. The third kappa shape index (κ3) is 2.93. The van der Waals surface area contributed by atoms with E-state index in [0.717, 1.165) is 51.5 Å². The molecule has 27 heavy (non-hydrogen) atoms. The minimum absolute atomic E-state index is 0.0656. The Morgan fingerprint density at radius 1 is 1.07 bits per heavy atom. The van der Waals surface area contributed by atoms with Gasteiger partial charge in [0, 0.05) is 24.4 Å². The number of amides is 1. The first kappa shape index (κ1) is 19.3. The second-order valence-corrected chi connectivity index (χ2v) is 11.2. The minimum Gasteiger partial charge on any atom is -0.444 e. The molecule has 4 aliphatic rings. The zero-order valence-electron chi connectivity index (χ0n) is 17.8. The Kier molecular flexibility index (Phi) is 4.44. The summed E-state index contributed by atoms with van der Waals surface area (Å²) >= 11 is 0. The third-order valence-corrected chi connectivity index (χ3v) is 8.65. The van der Waals surface area contributed by atoms with Crippen LogP contribution in [0.15, 0.2) is 0 Å². The molecular formula is C23H37NO3. The van der Waals surface area contributed by atoms with E-state index in [4.69, 9.17) is 4.74 Å². The number of ketones is 1. The molecule has 152 valence electrons. The van der Waals surface area contributed by atoms with Gasteiger partial charge in [0.15, 0.2) is 0 Å². The summed E-state index contributed by atoms with van der Waals surface area (Å²) in [6.07, 6.45) is 8.45. The van der Waals surface area contributed by atoms with Crippen molar-refractivity contribution >= 4 is 11.9 Å². The molecule has 6 atom stereocenters. The van der Waals surface area contributed by atoms with Crippen LogP contribution in [0.3, 0.4) is 0 Å². The number of rotatable bonds is 0. The second-order valence-electron chi connectivity index (χ2n) is 11.2. The van der Waals surface area contributed by atoms with E-state index in [1.807, 2.05) is 20.8 Å². The van der Waals surface area contributed by atoms with Crippen LogP contribution in [0.4, 0.5) is 4.79 Å². The molecule has 4 heteroatoms. The zero-order chi connectivity index (χ0) is 19.6. The highest BCUT2D eigenvalue weighted by molar-refractivity contribution is 5.87. The van der Waals surface area contributed by atoms with Crippen molar-refractivity contribution in [2.24, 2.45) is 28.6 Å². The summed E-state index contributed by atoms with van der Waals surface area (Å²) in [6, 6.07) is 0.295. The molecule has 0 bridgehead atoms. The Balaban J connectivity index is 1.58. The van der Waals surface area contributed by atoms with Crippen LogP contribution >= 0.6 is 0 Å². The van der Waals surface area contributed by atoms with Crippen LogP contribution in [0.2, 0.25) is 0 Å². The highest BCUT2D eigenvalue weighted by Crippen LogP contribution is 2.63. The largest absolute Gasteiger partial charge is 0.444 e. The lowest BCUT2D eigenvalue weighted by molar-refractivity contribution is -0.141. The maximum atomic E-state index is 12.9. The van der Waals surface area contributed by atoms with Crippen LogP contribution in [0.1, 0.15) is 86.0 Å². The lowest BCUT2D eigenvalue weighted by Gasteiger charge is -2.61. The molecule has 0 radical (unpaired) electrons. The fourth-order valence-corrected chi connectivity index (χ4v) is 7.40. The SMILES string of the molecule is CC(C)(C)OC(=O)N1CCCC2(C)C3CCC4(C)C(=O)CCC4C3CCC12. The van der Waals surface area contributed by atoms with Crippen molar-refractivity contribution in [2.45, 2.75) is 97.6 Å². The smallest absolute Gasteiger partial charge is 0.410 e. The normalized spacial score (nSPS) is 44.3. The number of nitrogens with zero attached hydrogens (tertiary/aromatic N) is 1. The van der Waals surface area contributed by atoms with Crippen LogP contribution in [0.25, 0.3) is 0 Å². The number of likely N-dealkylation sites (tertiary alicyclic amines) is 1. The summed E-state index contributed by atoms with van der Waals surface area (Å²) in [5, 5.41) is 0. The van der Waals surface area contributed by atoms with Crippen LogP contribution in [0.5, 0.6) is 0 Å². The summed E-state index contributed by atoms with van der Waals surface area (Å²) in [4.78, 5) is 27.5. The van der Waals surface area contributed by atoms with Gasteiger partial charge in [-0.1, -0.05) is 13.8 Å². The van der Waals surface area contributed by atoms with Gasteiger partial charge in [-0.3, -0.25) is 4.79 Å². The number of piperidine rings is 1. The molecule has 1 saturated heterocycles. The quantitative estimate of drug-likeness (QED) is 0.585. The van der Waals surface area contributed by atoms with Crippen molar-refractivity contribution in [3.8, 4) is 0 Å². The van der Waals surface area contributed by atoms with E-state index in [1.165, 1.54) is 6.42 Å². The summed E-state index contributed by atoms with van der Waals surface area (Å²) in [5.41, 5.74) is -0.339. The Bertz CT molecular complexity index is 638. The van der Waals surface area contributed by atoms with Crippen molar-refractivity contribution < 1.29 is 14.3 Å². The molecule has 6 unspecified atom stereocenters. The summed E-state index contributed by atoms with van der Waals surface area (Å²) in [6.45, 7) is 11.3. The molecule has 1 amide bonds. The maximum absolute atomic E-state index is 12.9. The molecule has 3 aliphatic carbocycles. The van der Waals surface area contributed by atoms with E-state index < -0.39 is 5.60 Å². The number of fused-ring (bicyclic) bond motifs is 5. The first-order valence-electron chi connectivity index (χ1n) is 11.1. The van der Waals surface area contributed by atoms with Crippen molar-refractivity contribution in [1.29, 1.82) is 0 Å². The molecule has 4 nitrogen and oxygen atoms in total. The van der Waals surface area contributed by atoms with Gasteiger partial charge in [0.25, 0.3) is 0 Å². The van der Waals surface area contributed by atoms with E-state index in [0.29, 0.717) is 29.6 Å². The number of carbonyl (C=O) groups excluding carboxylic acids is 2. The number of Topliss-reactive ketones (excluding diaryl/α,β-unsaturated/α-hetero) is 1. The van der Waals surface area contributed by atoms with Crippen LogP contribution in [-0.4, -0.2) is 35.0 Å². The van der Waals surface area contributed by atoms with Crippen molar-refractivity contribution in [3.05, 3.63) is 0 Å². The molecule has 4 fully saturated rings. The van der Waals surface area contributed by atoms with E-state index in [1.54, 1.807) is 0 Å².